The van der Waals surface area contributed by atoms with Gasteiger partial charge in [-0.2, -0.15) is 0 Å². The lowest BCUT2D eigenvalue weighted by Crippen LogP contribution is -2.20. The number of rotatable bonds is 7. The molecule has 0 N–H and O–H groups in total. The van der Waals surface area contributed by atoms with Gasteiger partial charge in [0.05, 0.1) is 0 Å². The second-order valence-electron chi connectivity index (χ2n) is 3.90. The van der Waals surface area contributed by atoms with Crippen molar-refractivity contribution in [2.45, 2.75) is 39.2 Å². The molecule has 0 aliphatic heterocycles. The third-order valence-corrected chi connectivity index (χ3v) is 2.60. The van der Waals surface area contributed by atoms with E-state index in [-0.39, 0.29) is 11.9 Å². The van der Waals surface area contributed by atoms with Gasteiger partial charge in [-0.3, -0.25) is 4.79 Å². The van der Waals surface area contributed by atoms with Crippen LogP contribution < -0.4 is 0 Å². The zero-order valence-electron chi connectivity index (χ0n) is 10.1. The molecule has 1 rings (SSSR count). The normalized spacial score (nSPS) is 12.4. The van der Waals surface area contributed by atoms with E-state index in [2.05, 4.69) is 12.1 Å². The molecule has 2 nitrogen and oxygen atoms in total. The van der Waals surface area contributed by atoms with Crippen molar-refractivity contribution < 1.29 is 9.53 Å². The predicted octanol–water partition coefficient (Wildman–Crippen LogP) is 3.00. The molecule has 1 atom stereocenters. The molecule has 1 aromatic rings. The number of ketones is 1. The zero-order chi connectivity index (χ0) is 11.8. The van der Waals surface area contributed by atoms with E-state index in [4.69, 9.17) is 4.74 Å². The highest BCUT2D eigenvalue weighted by Crippen LogP contribution is 2.07. The first-order valence-corrected chi connectivity index (χ1v) is 5.92. The smallest absolute Gasteiger partial charge is 0.161 e. The summed E-state index contributed by atoms with van der Waals surface area (Å²) in [5.41, 5.74) is 1.29. The topological polar surface area (TPSA) is 26.3 Å². The van der Waals surface area contributed by atoms with Crippen LogP contribution in [0, 0.1) is 0 Å². The summed E-state index contributed by atoms with van der Waals surface area (Å²) in [6.07, 6.45) is 2.22. The minimum atomic E-state index is -0.249. The quantitative estimate of drug-likeness (QED) is 0.706. The molecule has 0 aliphatic carbocycles. The molecular formula is C14H20O2. The molecule has 16 heavy (non-hydrogen) atoms. The first-order valence-electron chi connectivity index (χ1n) is 5.92. The Morgan fingerprint density at radius 2 is 2.00 bits per heavy atom. The van der Waals surface area contributed by atoms with Crippen LogP contribution in [-0.4, -0.2) is 18.5 Å². The highest BCUT2D eigenvalue weighted by atomic mass is 16.5. The fraction of sp³-hybridized carbons (Fsp3) is 0.500. The van der Waals surface area contributed by atoms with Crippen molar-refractivity contribution in [1.29, 1.82) is 0 Å². The summed E-state index contributed by atoms with van der Waals surface area (Å²) in [4.78, 5) is 11.6. The van der Waals surface area contributed by atoms with Gasteiger partial charge in [0, 0.05) is 13.0 Å². The third kappa shape index (κ3) is 4.58. The third-order valence-electron chi connectivity index (χ3n) is 2.60. The lowest BCUT2D eigenvalue weighted by atomic mass is 10.1. The summed E-state index contributed by atoms with van der Waals surface area (Å²) in [5.74, 6) is 0.206. The van der Waals surface area contributed by atoms with E-state index >= 15 is 0 Å². The number of Topliss-reactive ketones (excluding diaryl/α,β-unsaturated/α-hetero) is 1. The second-order valence-corrected chi connectivity index (χ2v) is 3.90. The Kier molecular flexibility index (Phi) is 5.79. The monoisotopic (exact) mass is 220 g/mol. The van der Waals surface area contributed by atoms with Gasteiger partial charge in [-0.15, -0.1) is 0 Å². The second kappa shape index (κ2) is 7.18. The molecule has 0 saturated heterocycles. The SMILES string of the molecule is CCOC(C)C(=O)CCCc1ccccc1. The minimum absolute atomic E-state index is 0.206. The Hall–Kier alpha value is -1.15. The van der Waals surface area contributed by atoms with Crippen molar-refractivity contribution in [3.63, 3.8) is 0 Å². The van der Waals surface area contributed by atoms with Crippen LogP contribution in [0.4, 0.5) is 0 Å². The summed E-state index contributed by atoms with van der Waals surface area (Å²) < 4.78 is 5.26. The van der Waals surface area contributed by atoms with Crippen LogP contribution in [0.15, 0.2) is 30.3 Å². The largest absolute Gasteiger partial charge is 0.371 e. The maximum atomic E-state index is 11.6. The van der Waals surface area contributed by atoms with Crippen molar-refractivity contribution in [2.24, 2.45) is 0 Å². The van der Waals surface area contributed by atoms with Crippen LogP contribution in [0.5, 0.6) is 0 Å². The Balaban J connectivity index is 2.23. The molecule has 0 aromatic heterocycles. The van der Waals surface area contributed by atoms with E-state index in [0.717, 1.165) is 12.8 Å². The first kappa shape index (κ1) is 12.9. The molecule has 0 fully saturated rings. The van der Waals surface area contributed by atoms with E-state index in [1.54, 1.807) is 0 Å². The van der Waals surface area contributed by atoms with Crippen LogP contribution >= 0.6 is 0 Å². The fourth-order valence-electron chi connectivity index (χ4n) is 1.66. The Labute approximate surface area is 97.6 Å². The number of aryl methyl sites for hydroxylation is 1. The van der Waals surface area contributed by atoms with Crippen LogP contribution in [0.3, 0.4) is 0 Å². The van der Waals surface area contributed by atoms with Gasteiger partial charge in [0.2, 0.25) is 0 Å². The van der Waals surface area contributed by atoms with E-state index < -0.39 is 0 Å². The van der Waals surface area contributed by atoms with Crippen molar-refractivity contribution >= 4 is 5.78 Å². The Morgan fingerprint density at radius 3 is 2.62 bits per heavy atom. The predicted molar refractivity (Wildman–Crippen MR) is 65.5 cm³/mol. The average Bonchev–Trinajstić information content (AvgIpc) is 2.30. The van der Waals surface area contributed by atoms with Crippen LogP contribution in [-0.2, 0) is 16.0 Å². The van der Waals surface area contributed by atoms with Gasteiger partial charge in [-0.1, -0.05) is 30.3 Å². The van der Waals surface area contributed by atoms with E-state index in [9.17, 15) is 4.79 Å². The van der Waals surface area contributed by atoms with Crippen LogP contribution in [0.2, 0.25) is 0 Å². The number of carbonyl (C=O) groups excluding carboxylic acids is 1. The number of carbonyl (C=O) groups is 1. The van der Waals surface area contributed by atoms with E-state index in [0.29, 0.717) is 13.0 Å². The number of ether oxygens (including phenoxy) is 1. The highest BCUT2D eigenvalue weighted by Gasteiger charge is 2.11. The van der Waals surface area contributed by atoms with Crippen molar-refractivity contribution in [2.75, 3.05) is 6.61 Å². The Morgan fingerprint density at radius 1 is 1.31 bits per heavy atom. The summed E-state index contributed by atoms with van der Waals surface area (Å²) in [6.45, 7) is 4.34. The summed E-state index contributed by atoms with van der Waals surface area (Å²) in [6, 6.07) is 10.2. The molecular weight excluding hydrogens is 200 g/mol. The first-order chi connectivity index (χ1) is 7.74. The standard InChI is InChI=1S/C14H20O2/c1-3-16-12(2)14(15)11-7-10-13-8-5-4-6-9-13/h4-6,8-9,12H,3,7,10-11H2,1-2H3. The van der Waals surface area contributed by atoms with Gasteiger partial charge in [0.1, 0.15) is 6.10 Å². The molecule has 0 amide bonds. The molecule has 0 saturated carbocycles. The molecule has 0 bridgehead atoms. The van der Waals surface area contributed by atoms with Gasteiger partial charge < -0.3 is 4.74 Å². The molecule has 88 valence electrons. The van der Waals surface area contributed by atoms with Gasteiger partial charge in [-0.25, -0.2) is 0 Å². The molecule has 0 heterocycles. The van der Waals surface area contributed by atoms with Gasteiger partial charge >= 0.3 is 0 Å². The number of hydrogen-bond acceptors (Lipinski definition) is 2. The van der Waals surface area contributed by atoms with E-state index in [1.807, 2.05) is 32.0 Å². The molecule has 2 heteroatoms. The van der Waals surface area contributed by atoms with E-state index in [1.165, 1.54) is 5.56 Å². The summed E-state index contributed by atoms with van der Waals surface area (Å²) in [7, 11) is 0. The zero-order valence-corrected chi connectivity index (χ0v) is 10.1. The van der Waals surface area contributed by atoms with Crippen molar-refractivity contribution in [1.82, 2.24) is 0 Å². The molecule has 0 spiro atoms. The van der Waals surface area contributed by atoms with Gasteiger partial charge in [0.15, 0.2) is 5.78 Å². The lowest BCUT2D eigenvalue weighted by molar-refractivity contribution is -0.129. The van der Waals surface area contributed by atoms with Crippen molar-refractivity contribution in [3.05, 3.63) is 35.9 Å². The highest BCUT2D eigenvalue weighted by molar-refractivity contribution is 5.82. The average molecular weight is 220 g/mol. The Bertz CT molecular complexity index is 306. The fourth-order valence-corrected chi connectivity index (χ4v) is 1.66. The van der Waals surface area contributed by atoms with Crippen LogP contribution in [0.25, 0.3) is 0 Å². The minimum Gasteiger partial charge on any atom is -0.371 e. The molecule has 0 radical (unpaired) electrons. The van der Waals surface area contributed by atoms with Crippen LogP contribution in [0.1, 0.15) is 32.3 Å². The van der Waals surface area contributed by atoms with Gasteiger partial charge in [-0.05, 0) is 32.3 Å². The summed E-state index contributed by atoms with van der Waals surface area (Å²) >= 11 is 0. The molecule has 1 unspecified atom stereocenters. The number of benzene rings is 1. The maximum absolute atomic E-state index is 11.6. The maximum Gasteiger partial charge on any atom is 0.161 e. The summed E-state index contributed by atoms with van der Waals surface area (Å²) in [5, 5.41) is 0. The molecule has 1 aromatic carbocycles. The number of hydrogen-bond donors (Lipinski definition) is 0. The van der Waals surface area contributed by atoms with Crippen molar-refractivity contribution in [3.8, 4) is 0 Å². The lowest BCUT2D eigenvalue weighted by Gasteiger charge is -2.09. The van der Waals surface area contributed by atoms with Gasteiger partial charge in [0.25, 0.3) is 0 Å². The molecule has 0 aliphatic rings.